The molecular formula is C24H29N5O4S. The quantitative estimate of drug-likeness (QED) is 0.414. The number of amides is 2. The van der Waals surface area contributed by atoms with Crippen LogP contribution in [0.4, 0.5) is 11.5 Å². The van der Waals surface area contributed by atoms with Gasteiger partial charge in [-0.15, -0.1) is 10.2 Å². The number of carbonyl (C=O) groups excluding carboxylic acids is 3. The lowest BCUT2D eigenvalue weighted by molar-refractivity contribution is -0.125. The summed E-state index contributed by atoms with van der Waals surface area (Å²) < 4.78 is 5.04. The number of nitrogens with one attached hydrogen (secondary N) is 2. The van der Waals surface area contributed by atoms with E-state index in [9.17, 15) is 14.4 Å². The Kier molecular flexibility index (Phi) is 7.99. The molecule has 34 heavy (non-hydrogen) atoms. The molecule has 2 N–H and O–H groups in total. The standard InChI is InChI=1S/C24H29N5O4S/c1-2-33-24(32)18-7-3-4-8-19(18)26-21(30)15-34-22-12-11-20(27-28-22)29-13-5-6-16(14-29)23(31)25-17-9-10-17/h3-4,7-8,11-12,16-17H,2,5-6,9-10,13-15H2,1H3,(H,25,31)(H,26,30). The summed E-state index contributed by atoms with van der Waals surface area (Å²) in [4.78, 5) is 39.0. The molecule has 1 aliphatic carbocycles. The predicted octanol–water partition coefficient (Wildman–Crippen LogP) is 2.88. The van der Waals surface area contributed by atoms with E-state index in [1.54, 1.807) is 31.2 Å². The maximum atomic E-state index is 12.4. The summed E-state index contributed by atoms with van der Waals surface area (Å²) in [6.45, 7) is 3.48. The number of esters is 1. The molecule has 1 atom stereocenters. The lowest BCUT2D eigenvalue weighted by atomic mass is 9.97. The van der Waals surface area contributed by atoms with Gasteiger partial charge in [0, 0.05) is 19.1 Å². The largest absolute Gasteiger partial charge is 0.462 e. The highest BCUT2D eigenvalue weighted by molar-refractivity contribution is 7.99. The van der Waals surface area contributed by atoms with E-state index in [0.29, 0.717) is 28.9 Å². The summed E-state index contributed by atoms with van der Waals surface area (Å²) >= 11 is 1.26. The van der Waals surface area contributed by atoms with E-state index in [1.807, 2.05) is 12.1 Å². The number of hydrogen-bond donors (Lipinski definition) is 2. The summed E-state index contributed by atoms with van der Waals surface area (Å²) in [6, 6.07) is 10.8. The van der Waals surface area contributed by atoms with Crippen molar-refractivity contribution in [3.63, 3.8) is 0 Å². The Morgan fingerprint density at radius 3 is 2.68 bits per heavy atom. The van der Waals surface area contributed by atoms with E-state index in [-0.39, 0.29) is 30.1 Å². The maximum Gasteiger partial charge on any atom is 0.340 e. The highest BCUT2D eigenvalue weighted by Gasteiger charge is 2.31. The number of benzene rings is 1. The van der Waals surface area contributed by atoms with Gasteiger partial charge in [-0.25, -0.2) is 4.79 Å². The van der Waals surface area contributed by atoms with E-state index in [0.717, 1.165) is 38.0 Å². The van der Waals surface area contributed by atoms with Crippen molar-refractivity contribution in [1.29, 1.82) is 0 Å². The third kappa shape index (κ3) is 6.47. The van der Waals surface area contributed by atoms with Gasteiger partial charge in [0.2, 0.25) is 11.8 Å². The van der Waals surface area contributed by atoms with Gasteiger partial charge in [0.1, 0.15) is 5.03 Å². The Balaban J connectivity index is 1.28. The lowest BCUT2D eigenvalue weighted by Crippen LogP contribution is -2.44. The number of nitrogens with zero attached hydrogens (tertiary/aromatic N) is 3. The van der Waals surface area contributed by atoms with Crippen LogP contribution in [0.5, 0.6) is 0 Å². The molecular weight excluding hydrogens is 454 g/mol. The molecule has 0 radical (unpaired) electrons. The van der Waals surface area contributed by atoms with Crippen molar-refractivity contribution in [3.05, 3.63) is 42.0 Å². The second-order valence-electron chi connectivity index (χ2n) is 8.40. The van der Waals surface area contributed by atoms with Gasteiger partial charge in [-0.3, -0.25) is 9.59 Å². The predicted molar refractivity (Wildman–Crippen MR) is 130 cm³/mol. The topological polar surface area (TPSA) is 114 Å². The minimum Gasteiger partial charge on any atom is -0.462 e. The summed E-state index contributed by atoms with van der Waals surface area (Å²) in [5.74, 6) is 0.249. The van der Waals surface area contributed by atoms with E-state index >= 15 is 0 Å². The van der Waals surface area contributed by atoms with Crippen LogP contribution in [0.2, 0.25) is 0 Å². The zero-order chi connectivity index (χ0) is 23.9. The normalized spacial score (nSPS) is 17.7. The molecule has 1 aromatic heterocycles. The van der Waals surface area contributed by atoms with Gasteiger partial charge in [-0.05, 0) is 56.9 Å². The van der Waals surface area contributed by atoms with E-state index in [1.165, 1.54) is 11.8 Å². The lowest BCUT2D eigenvalue weighted by Gasteiger charge is -2.32. The fourth-order valence-electron chi connectivity index (χ4n) is 3.81. The second-order valence-corrected chi connectivity index (χ2v) is 9.40. The first-order valence-corrected chi connectivity index (χ1v) is 12.6. The fourth-order valence-corrected chi connectivity index (χ4v) is 4.42. The first-order valence-electron chi connectivity index (χ1n) is 11.6. The third-order valence-electron chi connectivity index (χ3n) is 5.71. The summed E-state index contributed by atoms with van der Waals surface area (Å²) in [5, 5.41) is 15.0. The van der Waals surface area contributed by atoms with Crippen LogP contribution in [0.15, 0.2) is 41.4 Å². The molecule has 2 fully saturated rings. The number of thioether (sulfide) groups is 1. The molecule has 2 heterocycles. The third-order valence-corrected chi connectivity index (χ3v) is 6.63. The smallest absolute Gasteiger partial charge is 0.340 e. The number of carbonyl (C=O) groups is 3. The number of ether oxygens (including phenoxy) is 1. The minimum atomic E-state index is -0.475. The van der Waals surface area contributed by atoms with Crippen LogP contribution in [0.25, 0.3) is 0 Å². The number of anilines is 2. The Morgan fingerprint density at radius 1 is 1.12 bits per heavy atom. The Morgan fingerprint density at radius 2 is 1.94 bits per heavy atom. The van der Waals surface area contributed by atoms with Crippen molar-refractivity contribution in [1.82, 2.24) is 15.5 Å². The Hall–Kier alpha value is -3.14. The molecule has 1 aromatic carbocycles. The molecule has 1 saturated heterocycles. The van der Waals surface area contributed by atoms with Gasteiger partial charge in [0.15, 0.2) is 5.82 Å². The monoisotopic (exact) mass is 483 g/mol. The Bertz CT molecular complexity index is 1030. The van der Waals surface area contributed by atoms with Crippen molar-refractivity contribution in [2.24, 2.45) is 5.92 Å². The van der Waals surface area contributed by atoms with Crippen molar-refractivity contribution in [3.8, 4) is 0 Å². The molecule has 1 saturated carbocycles. The van der Waals surface area contributed by atoms with E-state index in [2.05, 4.69) is 25.7 Å². The van der Waals surface area contributed by atoms with Gasteiger partial charge in [-0.2, -0.15) is 0 Å². The van der Waals surface area contributed by atoms with Crippen LogP contribution < -0.4 is 15.5 Å². The number of aromatic nitrogens is 2. The van der Waals surface area contributed by atoms with Crippen molar-refractivity contribution in [2.75, 3.05) is 35.7 Å². The van der Waals surface area contributed by atoms with Crippen LogP contribution in [-0.4, -0.2) is 59.5 Å². The molecule has 0 bridgehead atoms. The molecule has 2 aliphatic rings. The zero-order valence-corrected chi connectivity index (χ0v) is 20.0. The molecule has 2 aromatic rings. The fraction of sp³-hybridized carbons (Fsp3) is 0.458. The van der Waals surface area contributed by atoms with Gasteiger partial charge < -0.3 is 20.3 Å². The van der Waals surface area contributed by atoms with Crippen molar-refractivity contribution < 1.29 is 19.1 Å². The van der Waals surface area contributed by atoms with Crippen molar-refractivity contribution >= 4 is 41.1 Å². The number of rotatable bonds is 9. The second kappa shape index (κ2) is 11.3. The average molecular weight is 484 g/mol. The minimum absolute atomic E-state index is 0.0219. The van der Waals surface area contributed by atoms with Crippen LogP contribution in [0.3, 0.4) is 0 Å². The van der Waals surface area contributed by atoms with E-state index < -0.39 is 5.97 Å². The van der Waals surface area contributed by atoms with E-state index in [4.69, 9.17) is 4.74 Å². The molecule has 2 amide bonds. The molecule has 0 spiro atoms. The average Bonchev–Trinajstić information content (AvgIpc) is 3.67. The summed E-state index contributed by atoms with van der Waals surface area (Å²) in [5.41, 5.74) is 0.732. The van der Waals surface area contributed by atoms with Crippen LogP contribution in [-0.2, 0) is 14.3 Å². The highest BCUT2D eigenvalue weighted by atomic mass is 32.2. The molecule has 1 aliphatic heterocycles. The van der Waals surface area contributed by atoms with Gasteiger partial charge in [0.25, 0.3) is 0 Å². The van der Waals surface area contributed by atoms with Gasteiger partial charge >= 0.3 is 5.97 Å². The van der Waals surface area contributed by atoms with Gasteiger partial charge in [0.05, 0.1) is 29.5 Å². The highest BCUT2D eigenvalue weighted by Crippen LogP contribution is 2.25. The molecule has 180 valence electrons. The number of para-hydroxylation sites is 1. The summed E-state index contributed by atoms with van der Waals surface area (Å²) in [7, 11) is 0. The molecule has 1 unspecified atom stereocenters. The van der Waals surface area contributed by atoms with Crippen LogP contribution in [0.1, 0.15) is 43.0 Å². The first-order chi connectivity index (χ1) is 16.5. The van der Waals surface area contributed by atoms with Crippen LogP contribution >= 0.6 is 11.8 Å². The molecule has 10 heteroatoms. The summed E-state index contributed by atoms with van der Waals surface area (Å²) in [6.07, 6.45) is 4.00. The SMILES string of the molecule is CCOC(=O)c1ccccc1NC(=O)CSc1ccc(N2CCCC(C(=O)NC3CC3)C2)nn1. The molecule has 4 rings (SSSR count). The Labute approximate surface area is 203 Å². The first kappa shape index (κ1) is 24.0. The maximum absolute atomic E-state index is 12.4. The van der Waals surface area contributed by atoms with Crippen LogP contribution in [0, 0.1) is 5.92 Å². The van der Waals surface area contributed by atoms with Crippen molar-refractivity contribution in [2.45, 2.75) is 43.7 Å². The zero-order valence-electron chi connectivity index (χ0n) is 19.2. The number of piperidine rings is 1. The molecule has 9 nitrogen and oxygen atoms in total. The van der Waals surface area contributed by atoms with Gasteiger partial charge in [-0.1, -0.05) is 23.9 Å². The number of hydrogen-bond acceptors (Lipinski definition) is 8.